The molecule has 0 unspecified atom stereocenters. The van der Waals surface area contributed by atoms with Gasteiger partial charge in [0.25, 0.3) is 0 Å². The van der Waals surface area contributed by atoms with Crippen LogP contribution in [0, 0.1) is 0 Å². The first-order valence-corrected chi connectivity index (χ1v) is 17.4. The van der Waals surface area contributed by atoms with Crippen molar-refractivity contribution in [2.45, 2.75) is 82.5 Å². The number of ether oxygens (including phenoxy) is 2. The minimum absolute atomic E-state index is 0.0105. The summed E-state index contributed by atoms with van der Waals surface area (Å²) < 4.78 is 10.4. The lowest BCUT2D eigenvalue weighted by Gasteiger charge is -2.37. The minimum Gasteiger partial charge on any atom is -0.469 e. The number of thiophene rings is 1. The zero-order valence-corrected chi connectivity index (χ0v) is 28.2. The van der Waals surface area contributed by atoms with Gasteiger partial charge in [-0.25, -0.2) is 4.79 Å². The molecule has 10 heteroatoms. The van der Waals surface area contributed by atoms with Crippen LogP contribution in [-0.2, 0) is 49.7 Å². The average molecular weight is 660 g/mol. The van der Waals surface area contributed by atoms with E-state index in [0.29, 0.717) is 25.9 Å². The van der Waals surface area contributed by atoms with Crippen molar-refractivity contribution in [2.75, 3.05) is 32.1 Å². The van der Waals surface area contributed by atoms with Crippen molar-refractivity contribution < 1.29 is 28.7 Å². The van der Waals surface area contributed by atoms with Gasteiger partial charge >= 0.3 is 12.1 Å². The lowest BCUT2D eigenvalue weighted by Crippen LogP contribution is -2.48. The molecule has 3 aromatic rings. The number of fused-ring (bicyclic) bond motifs is 2. The first kappa shape index (κ1) is 34.3. The summed E-state index contributed by atoms with van der Waals surface area (Å²) in [6.45, 7) is 1.74. The highest BCUT2D eigenvalue weighted by Gasteiger charge is 2.36. The Hall–Kier alpha value is -4.02. The summed E-state index contributed by atoms with van der Waals surface area (Å²) in [6.07, 6.45) is 8.24. The SMILES string of the molecule is COC(=O)C[C@H]1Cc2ccccc2CN1C(=O)CN(C)CCc1cccs1.O=C[C@H]1Cc2ccccc2N1C(=O)OC1CCCCC1. The van der Waals surface area contributed by atoms with E-state index in [9.17, 15) is 19.2 Å². The summed E-state index contributed by atoms with van der Waals surface area (Å²) in [5, 5.41) is 2.07. The molecular formula is C37H45N3O6S. The van der Waals surface area contributed by atoms with Crippen molar-refractivity contribution in [2.24, 2.45) is 0 Å². The maximum atomic E-state index is 13.0. The Bertz CT molecular complexity index is 1510. The predicted molar refractivity (Wildman–Crippen MR) is 182 cm³/mol. The molecule has 9 nitrogen and oxygen atoms in total. The van der Waals surface area contributed by atoms with E-state index >= 15 is 0 Å². The molecule has 1 saturated carbocycles. The van der Waals surface area contributed by atoms with Gasteiger partial charge in [-0.1, -0.05) is 55.0 Å². The maximum absolute atomic E-state index is 13.0. The van der Waals surface area contributed by atoms with Crippen molar-refractivity contribution in [1.29, 1.82) is 0 Å². The second-order valence-electron chi connectivity index (χ2n) is 12.5. The number of hydrogen-bond acceptors (Lipinski definition) is 8. The third kappa shape index (κ3) is 9.08. The quantitative estimate of drug-likeness (QED) is 0.211. The summed E-state index contributed by atoms with van der Waals surface area (Å²) in [7, 11) is 3.36. The molecule has 3 aliphatic rings. The Balaban J connectivity index is 0.000000193. The molecule has 2 atom stereocenters. The topological polar surface area (TPSA) is 96.5 Å². The van der Waals surface area contributed by atoms with Crippen molar-refractivity contribution >= 4 is 41.3 Å². The number of esters is 1. The molecule has 0 bridgehead atoms. The van der Waals surface area contributed by atoms with Crippen LogP contribution in [0.4, 0.5) is 10.5 Å². The molecule has 6 rings (SSSR count). The van der Waals surface area contributed by atoms with Gasteiger partial charge in [0.05, 0.1) is 31.8 Å². The lowest BCUT2D eigenvalue weighted by molar-refractivity contribution is -0.144. The normalized spacial score (nSPS) is 18.9. The standard InChI is InChI=1S/C21H26N2O3S.C16H19NO3/c1-22(10-9-19-8-5-11-27-19)15-20(24)23-14-17-7-4-3-6-16(17)12-18(23)13-21(25)26-2;18-11-13-10-12-6-4-5-9-15(12)17(13)16(19)20-14-7-2-1-3-8-14/h3-8,11,18H,9-10,12-15H2,1-2H3;4-6,9,11,13-14H,1-3,7-8,10H2/t18-;13-/m11/s1. The highest BCUT2D eigenvalue weighted by atomic mass is 32.1. The number of anilines is 1. The number of hydrogen-bond donors (Lipinski definition) is 0. The number of nitrogens with zero attached hydrogens (tertiary/aromatic N) is 3. The number of carbonyl (C=O) groups is 4. The molecule has 47 heavy (non-hydrogen) atoms. The Labute approximate surface area is 281 Å². The number of likely N-dealkylation sites (N-methyl/N-ethyl adjacent to an activating group) is 1. The number of para-hydroxylation sites is 1. The Kier molecular flexibility index (Phi) is 12.2. The van der Waals surface area contributed by atoms with Gasteiger partial charge in [0.1, 0.15) is 12.4 Å². The van der Waals surface area contributed by atoms with E-state index in [0.717, 1.165) is 61.7 Å². The molecule has 1 fully saturated rings. The fourth-order valence-electron chi connectivity index (χ4n) is 6.63. The second-order valence-corrected chi connectivity index (χ2v) is 13.6. The number of rotatable bonds is 9. The van der Waals surface area contributed by atoms with E-state index in [2.05, 4.69) is 28.5 Å². The number of amides is 2. The van der Waals surface area contributed by atoms with Crippen LogP contribution in [-0.4, -0.2) is 79.5 Å². The van der Waals surface area contributed by atoms with Crippen LogP contribution in [0.5, 0.6) is 0 Å². The van der Waals surface area contributed by atoms with E-state index < -0.39 is 6.04 Å². The van der Waals surface area contributed by atoms with Crippen LogP contribution in [0.1, 0.15) is 60.1 Å². The van der Waals surface area contributed by atoms with E-state index in [4.69, 9.17) is 9.47 Å². The van der Waals surface area contributed by atoms with Gasteiger partial charge in [-0.05, 0) is 79.8 Å². The third-order valence-electron chi connectivity index (χ3n) is 9.22. The fourth-order valence-corrected chi connectivity index (χ4v) is 7.33. The van der Waals surface area contributed by atoms with Crippen LogP contribution in [0.15, 0.2) is 66.0 Å². The molecule has 3 heterocycles. The van der Waals surface area contributed by atoms with Crippen LogP contribution < -0.4 is 4.90 Å². The van der Waals surface area contributed by atoms with Gasteiger partial charge in [-0.15, -0.1) is 11.3 Å². The second kappa shape index (κ2) is 16.7. The Morgan fingerprint density at radius 3 is 2.36 bits per heavy atom. The molecular weight excluding hydrogens is 614 g/mol. The first-order valence-electron chi connectivity index (χ1n) is 16.5. The number of aldehydes is 1. The third-order valence-corrected chi connectivity index (χ3v) is 10.2. The lowest BCUT2D eigenvalue weighted by atomic mass is 9.92. The zero-order chi connectivity index (χ0) is 33.2. The number of methoxy groups -OCH3 is 1. The molecule has 0 radical (unpaired) electrons. The molecule has 2 aliphatic heterocycles. The molecule has 2 aromatic carbocycles. The van der Waals surface area contributed by atoms with E-state index in [-0.39, 0.29) is 36.5 Å². The molecule has 2 amide bonds. The Morgan fingerprint density at radius 1 is 0.936 bits per heavy atom. The summed E-state index contributed by atoms with van der Waals surface area (Å²) >= 11 is 1.74. The maximum Gasteiger partial charge on any atom is 0.415 e. The number of carbonyl (C=O) groups excluding carboxylic acids is 4. The molecule has 1 aliphatic carbocycles. The predicted octanol–water partition coefficient (Wildman–Crippen LogP) is 5.82. The molecule has 250 valence electrons. The van der Waals surface area contributed by atoms with Crippen molar-refractivity contribution in [1.82, 2.24) is 9.80 Å². The van der Waals surface area contributed by atoms with Gasteiger partial charge in [-0.3, -0.25) is 19.4 Å². The molecule has 1 aromatic heterocycles. The largest absolute Gasteiger partial charge is 0.469 e. The van der Waals surface area contributed by atoms with Crippen molar-refractivity contribution in [3.8, 4) is 0 Å². The number of benzene rings is 2. The smallest absolute Gasteiger partial charge is 0.415 e. The van der Waals surface area contributed by atoms with Gasteiger partial charge in [0.15, 0.2) is 0 Å². The summed E-state index contributed by atoms with van der Waals surface area (Å²) in [6, 6.07) is 19.4. The molecule has 0 N–H and O–H groups in total. The van der Waals surface area contributed by atoms with E-state index in [1.807, 2.05) is 54.4 Å². The van der Waals surface area contributed by atoms with Crippen molar-refractivity contribution in [3.05, 3.63) is 87.6 Å². The highest BCUT2D eigenvalue weighted by Crippen LogP contribution is 2.33. The van der Waals surface area contributed by atoms with Gasteiger partial charge in [-0.2, -0.15) is 0 Å². The van der Waals surface area contributed by atoms with Crippen LogP contribution in [0.2, 0.25) is 0 Å². The Morgan fingerprint density at radius 2 is 1.66 bits per heavy atom. The van der Waals surface area contributed by atoms with Gasteiger partial charge in [0, 0.05) is 30.4 Å². The average Bonchev–Trinajstić information content (AvgIpc) is 3.76. The zero-order valence-electron chi connectivity index (χ0n) is 27.3. The summed E-state index contributed by atoms with van der Waals surface area (Å²) in [5.74, 6) is -0.213. The monoisotopic (exact) mass is 659 g/mol. The minimum atomic E-state index is -0.427. The summed E-state index contributed by atoms with van der Waals surface area (Å²) in [4.78, 5) is 55.2. The molecule has 0 spiro atoms. The summed E-state index contributed by atoms with van der Waals surface area (Å²) in [5.41, 5.74) is 4.21. The first-order chi connectivity index (χ1) is 22.9. The van der Waals surface area contributed by atoms with E-state index in [1.54, 1.807) is 11.3 Å². The van der Waals surface area contributed by atoms with Crippen LogP contribution in [0.25, 0.3) is 0 Å². The van der Waals surface area contributed by atoms with Crippen LogP contribution in [0.3, 0.4) is 0 Å². The van der Waals surface area contributed by atoms with Crippen molar-refractivity contribution in [3.63, 3.8) is 0 Å². The van der Waals surface area contributed by atoms with Gasteiger partial charge in [0.2, 0.25) is 5.91 Å². The fraction of sp³-hybridized carbons (Fsp3) is 0.459. The highest BCUT2D eigenvalue weighted by molar-refractivity contribution is 7.09. The van der Waals surface area contributed by atoms with Gasteiger partial charge < -0.3 is 19.2 Å². The van der Waals surface area contributed by atoms with E-state index in [1.165, 1.54) is 28.9 Å². The van der Waals surface area contributed by atoms with Crippen LogP contribution >= 0.6 is 11.3 Å². The molecule has 0 saturated heterocycles.